The van der Waals surface area contributed by atoms with Crippen molar-refractivity contribution in [1.82, 2.24) is 20.2 Å². The van der Waals surface area contributed by atoms with Crippen molar-refractivity contribution in [3.8, 4) is 5.75 Å². The monoisotopic (exact) mass is 359 g/mol. The number of aromatic nitrogens is 4. The Morgan fingerprint density at radius 1 is 1.32 bits per heavy atom. The Morgan fingerprint density at radius 3 is 2.80 bits per heavy atom. The molecule has 3 aromatic rings. The van der Waals surface area contributed by atoms with Crippen LogP contribution in [0, 0.1) is 10.1 Å². The molecule has 0 bridgehead atoms. The van der Waals surface area contributed by atoms with Crippen molar-refractivity contribution in [2.45, 2.75) is 11.7 Å². The zero-order valence-corrected chi connectivity index (χ0v) is 13.9. The molecule has 128 valence electrons. The van der Waals surface area contributed by atoms with E-state index in [1.54, 1.807) is 23.3 Å². The molecule has 0 spiro atoms. The molecular formula is C15H13N5O4S. The van der Waals surface area contributed by atoms with Gasteiger partial charge in [0.25, 0.3) is 0 Å². The minimum absolute atomic E-state index is 0.297. The van der Waals surface area contributed by atoms with Gasteiger partial charge in [0, 0.05) is 0 Å². The van der Waals surface area contributed by atoms with Crippen molar-refractivity contribution in [3.05, 3.63) is 63.2 Å². The van der Waals surface area contributed by atoms with Gasteiger partial charge in [-0.15, -0.1) is 5.10 Å². The van der Waals surface area contributed by atoms with E-state index in [9.17, 15) is 10.1 Å². The molecule has 2 aromatic heterocycles. The van der Waals surface area contributed by atoms with Crippen LogP contribution in [-0.2, 0) is 6.54 Å². The highest BCUT2D eigenvalue weighted by molar-refractivity contribution is 8.02. The van der Waals surface area contributed by atoms with Crippen molar-refractivity contribution < 1.29 is 14.1 Å². The number of tetrazole rings is 1. The lowest BCUT2D eigenvalue weighted by atomic mass is 10.2. The smallest absolute Gasteiger partial charge is 0.433 e. The maximum absolute atomic E-state index is 10.6. The number of methoxy groups -OCH3 is 1. The van der Waals surface area contributed by atoms with Gasteiger partial charge >= 0.3 is 5.88 Å². The highest BCUT2D eigenvalue weighted by Crippen LogP contribution is 2.21. The fourth-order valence-electron chi connectivity index (χ4n) is 1.98. The number of nitrogens with zero attached hydrogens (tertiary/aromatic N) is 5. The van der Waals surface area contributed by atoms with E-state index in [0.29, 0.717) is 17.5 Å². The van der Waals surface area contributed by atoms with Crippen molar-refractivity contribution >= 4 is 23.7 Å². The summed E-state index contributed by atoms with van der Waals surface area (Å²) >= 11 is 1.28. The van der Waals surface area contributed by atoms with Gasteiger partial charge in [0.15, 0.2) is 0 Å². The maximum atomic E-state index is 10.6. The number of hydrogen-bond donors (Lipinski definition) is 0. The fraction of sp³-hybridized carbons (Fsp3) is 0.133. The first kappa shape index (κ1) is 16.7. The summed E-state index contributed by atoms with van der Waals surface area (Å²) in [6.07, 6.45) is 1.62. The molecule has 1 aromatic carbocycles. The number of benzene rings is 1. The Kier molecular flexibility index (Phi) is 5.09. The van der Waals surface area contributed by atoms with E-state index in [2.05, 4.69) is 15.5 Å². The first-order valence-corrected chi connectivity index (χ1v) is 8.00. The molecule has 0 amide bonds. The summed E-state index contributed by atoms with van der Waals surface area (Å²) in [5, 5.41) is 24.5. The van der Waals surface area contributed by atoms with Gasteiger partial charge in [-0.1, -0.05) is 23.9 Å². The standard InChI is InChI=1S/C15H13N5O4S/c1-23-12-4-2-11(3-5-12)10-19-15(16-17-18-19)25-9-8-13-6-7-14(24-13)20(21)22/h2-9H,10H2,1H3/b9-8+. The van der Waals surface area contributed by atoms with Gasteiger partial charge < -0.3 is 9.15 Å². The highest BCUT2D eigenvalue weighted by Gasteiger charge is 2.10. The van der Waals surface area contributed by atoms with Crippen LogP contribution in [0.25, 0.3) is 6.08 Å². The van der Waals surface area contributed by atoms with Gasteiger partial charge in [-0.2, -0.15) is 0 Å². The molecule has 0 radical (unpaired) electrons. The second-order valence-electron chi connectivity index (χ2n) is 4.82. The lowest BCUT2D eigenvalue weighted by Gasteiger charge is -2.04. The van der Waals surface area contributed by atoms with Gasteiger partial charge in [0.05, 0.1) is 19.7 Å². The second-order valence-corrected chi connectivity index (χ2v) is 5.69. The summed E-state index contributed by atoms with van der Waals surface area (Å²) in [5.74, 6) is 0.868. The summed E-state index contributed by atoms with van der Waals surface area (Å²) in [4.78, 5) is 9.99. The molecule has 25 heavy (non-hydrogen) atoms. The van der Waals surface area contributed by atoms with Crippen molar-refractivity contribution in [3.63, 3.8) is 0 Å². The SMILES string of the molecule is COc1ccc(Cn2nnnc2S/C=C/c2ccc([N+](=O)[O-])o2)cc1. The molecule has 0 unspecified atom stereocenters. The lowest BCUT2D eigenvalue weighted by molar-refractivity contribution is -0.402. The molecule has 3 rings (SSSR count). The predicted molar refractivity (Wildman–Crippen MR) is 90.2 cm³/mol. The number of thioether (sulfide) groups is 1. The molecular weight excluding hydrogens is 346 g/mol. The van der Waals surface area contributed by atoms with E-state index in [1.165, 1.54) is 23.9 Å². The third-order valence-corrected chi connectivity index (χ3v) is 3.96. The second kappa shape index (κ2) is 7.62. The van der Waals surface area contributed by atoms with Crippen LogP contribution in [0.1, 0.15) is 11.3 Å². The van der Waals surface area contributed by atoms with Crippen LogP contribution >= 0.6 is 11.8 Å². The van der Waals surface area contributed by atoms with E-state index >= 15 is 0 Å². The Morgan fingerprint density at radius 2 is 2.12 bits per heavy atom. The van der Waals surface area contributed by atoms with Gasteiger partial charge in [-0.3, -0.25) is 10.1 Å². The number of hydrogen-bond acceptors (Lipinski definition) is 8. The molecule has 0 fully saturated rings. The van der Waals surface area contributed by atoms with E-state index in [1.807, 2.05) is 24.3 Å². The van der Waals surface area contributed by atoms with Gasteiger partial charge in [-0.25, -0.2) is 4.68 Å². The van der Waals surface area contributed by atoms with Crippen LogP contribution in [0.5, 0.6) is 5.75 Å². The average molecular weight is 359 g/mol. The molecule has 0 saturated heterocycles. The van der Waals surface area contributed by atoms with Crippen LogP contribution in [-0.4, -0.2) is 32.2 Å². The zero-order chi connectivity index (χ0) is 17.6. The van der Waals surface area contributed by atoms with E-state index in [0.717, 1.165) is 11.3 Å². The van der Waals surface area contributed by atoms with Gasteiger partial charge in [-0.05, 0) is 45.7 Å². The summed E-state index contributed by atoms with van der Waals surface area (Å²) in [5.41, 5.74) is 1.03. The lowest BCUT2D eigenvalue weighted by Crippen LogP contribution is -2.03. The first-order chi connectivity index (χ1) is 12.2. The Balaban J connectivity index is 1.64. The van der Waals surface area contributed by atoms with Crippen LogP contribution in [0.2, 0.25) is 0 Å². The summed E-state index contributed by atoms with van der Waals surface area (Å²) in [6.45, 7) is 0.513. The largest absolute Gasteiger partial charge is 0.497 e. The molecule has 0 aliphatic carbocycles. The average Bonchev–Trinajstić information content (AvgIpc) is 3.26. The Bertz CT molecular complexity index is 887. The number of ether oxygens (including phenoxy) is 1. The van der Waals surface area contributed by atoms with E-state index < -0.39 is 4.92 Å². The summed E-state index contributed by atoms with van der Waals surface area (Å²) < 4.78 is 11.8. The zero-order valence-electron chi connectivity index (χ0n) is 13.1. The normalized spacial score (nSPS) is 11.1. The van der Waals surface area contributed by atoms with Crippen molar-refractivity contribution in [2.24, 2.45) is 0 Å². The van der Waals surface area contributed by atoms with Crippen LogP contribution in [0.4, 0.5) is 5.88 Å². The Hall–Kier alpha value is -3.14. The summed E-state index contributed by atoms with van der Waals surface area (Å²) in [7, 11) is 1.62. The molecule has 0 aliphatic rings. The van der Waals surface area contributed by atoms with E-state index in [4.69, 9.17) is 9.15 Å². The molecule has 2 heterocycles. The predicted octanol–water partition coefficient (Wildman–Crippen LogP) is 2.99. The maximum Gasteiger partial charge on any atom is 0.433 e. The summed E-state index contributed by atoms with van der Waals surface area (Å²) in [6, 6.07) is 10.4. The van der Waals surface area contributed by atoms with Crippen molar-refractivity contribution in [2.75, 3.05) is 7.11 Å². The van der Waals surface area contributed by atoms with E-state index in [-0.39, 0.29) is 5.88 Å². The quantitative estimate of drug-likeness (QED) is 0.360. The minimum atomic E-state index is -0.583. The third kappa shape index (κ3) is 4.23. The van der Waals surface area contributed by atoms with Crippen LogP contribution in [0.15, 0.2) is 51.4 Å². The highest BCUT2D eigenvalue weighted by atomic mass is 32.2. The van der Waals surface area contributed by atoms with Crippen LogP contribution in [0.3, 0.4) is 0 Å². The molecule has 0 N–H and O–H groups in total. The molecule has 0 aliphatic heterocycles. The molecule has 10 heteroatoms. The molecule has 0 saturated carbocycles. The first-order valence-electron chi connectivity index (χ1n) is 7.12. The van der Waals surface area contributed by atoms with Crippen LogP contribution < -0.4 is 4.74 Å². The molecule has 0 atom stereocenters. The fourth-order valence-corrected chi connectivity index (χ4v) is 2.61. The topological polar surface area (TPSA) is 109 Å². The van der Waals surface area contributed by atoms with Crippen molar-refractivity contribution in [1.29, 1.82) is 0 Å². The third-order valence-electron chi connectivity index (χ3n) is 3.19. The number of rotatable bonds is 7. The van der Waals surface area contributed by atoms with Gasteiger partial charge in [0.1, 0.15) is 16.4 Å². The Labute approximate surface area is 146 Å². The number of nitro groups is 1. The van der Waals surface area contributed by atoms with Gasteiger partial charge in [0.2, 0.25) is 5.16 Å². The molecule has 9 nitrogen and oxygen atoms in total. The minimum Gasteiger partial charge on any atom is -0.497 e. The number of furan rings is 1.